The number of rotatable bonds is 4. The van der Waals surface area contributed by atoms with Gasteiger partial charge in [0.1, 0.15) is 11.6 Å². The molecule has 0 atom stereocenters. The molecule has 1 N–H and O–H groups in total. The van der Waals surface area contributed by atoms with Crippen LogP contribution in [0.3, 0.4) is 0 Å². The third kappa shape index (κ3) is 3.11. The summed E-state index contributed by atoms with van der Waals surface area (Å²) in [6.07, 6.45) is 1.75. The summed E-state index contributed by atoms with van der Waals surface area (Å²) >= 11 is 1.71. The second-order valence-corrected chi connectivity index (χ2v) is 6.08. The van der Waals surface area contributed by atoms with E-state index in [0.29, 0.717) is 12.2 Å². The summed E-state index contributed by atoms with van der Waals surface area (Å²) < 4.78 is 19.4. The van der Waals surface area contributed by atoms with Crippen LogP contribution in [0.5, 0.6) is 0 Å². The van der Waals surface area contributed by atoms with Crippen LogP contribution in [0, 0.1) is 5.82 Å². The molecule has 1 aliphatic rings. The molecule has 0 aliphatic carbocycles. The largest absolute Gasteiger partial charge is 0.503 e. The number of aromatic nitrogens is 1. The second-order valence-electron chi connectivity index (χ2n) is 4.92. The van der Waals surface area contributed by atoms with E-state index in [1.807, 2.05) is 0 Å². The van der Waals surface area contributed by atoms with Gasteiger partial charge in [-0.2, -0.15) is 0 Å². The Bertz CT molecular complexity index is 813. The van der Waals surface area contributed by atoms with Crippen molar-refractivity contribution >= 4 is 34.6 Å². The van der Waals surface area contributed by atoms with Crippen molar-refractivity contribution in [2.45, 2.75) is 6.42 Å². The number of Topliss-reactive ketones (excluding diaryl/α,β-unsaturated/α-hetero) is 1. The number of nitrogens with zero attached hydrogens (tertiary/aromatic N) is 2. The summed E-state index contributed by atoms with van der Waals surface area (Å²) in [7, 11) is 0. The average Bonchev–Trinajstić information content (AvgIpc) is 3.10. The van der Waals surface area contributed by atoms with Gasteiger partial charge < -0.3 is 9.52 Å². The van der Waals surface area contributed by atoms with Crippen LogP contribution >= 0.6 is 22.9 Å². The number of hydrogen-bond acceptors (Lipinski definition) is 5. The van der Waals surface area contributed by atoms with Gasteiger partial charge in [-0.3, -0.25) is 12.7 Å². The number of halogens is 2. The predicted octanol–water partition coefficient (Wildman–Crippen LogP) is 2.59. The Morgan fingerprint density at radius 1 is 1.39 bits per heavy atom. The zero-order chi connectivity index (χ0) is 16.6. The smallest absolute Gasteiger partial charge is 0.298 e. The van der Waals surface area contributed by atoms with Gasteiger partial charge in [-0.1, -0.05) is 12.1 Å². The lowest BCUT2D eigenvalue weighted by Crippen LogP contribution is -2.15. The van der Waals surface area contributed by atoms with E-state index in [-0.39, 0.29) is 23.8 Å². The maximum Gasteiger partial charge on any atom is 0.298 e. The zero-order valence-electron chi connectivity index (χ0n) is 11.6. The molecule has 0 fully saturated rings. The van der Waals surface area contributed by atoms with Crippen molar-refractivity contribution in [2.24, 2.45) is 0 Å². The highest BCUT2D eigenvalue weighted by Crippen LogP contribution is 2.24. The Labute approximate surface area is 144 Å². The van der Waals surface area contributed by atoms with E-state index >= 15 is 0 Å². The molecule has 3 rings (SSSR count). The van der Waals surface area contributed by atoms with Crippen LogP contribution in [0.25, 0.3) is 0 Å². The van der Waals surface area contributed by atoms with E-state index in [9.17, 15) is 19.1 Å². The molecule has 1 aromatic heterocycles. The molecule has 1 aromatic carbocycles. The van der Waals surface area contributed by atoms with Gasteiger partial charge in [-0.15, -0.1) is 0 Å². The summed E-state index contributed by atoms with van der Waals surface area (Å²) in [6.45, 7) is -0.000262. The molecule has 6 nitrogen and oxygen atoms in total. The lowest BCUT2D eigenvalue weighted by molar-refractivity contribution is -0.122. The molecule has 0 saturated heterocycles. The fraction of sp³-hybridized carbons (Fsp3) is 0.133. The average molecular weight is 428 g/mol. The number of aliphatic hydroxyl groups excluding tert-OH is 1. The Hall–Kier alpha value is -2.23. The Morgan fingerprint density at radius 3 is 2.70 bits per heavy atom. The molecule has 0 bridgehead atoms. The molecule has 118 valence electrons. The lowest BCUT2D eigenvalue weighted by Gasteiger charge is -2.02. The standard InChI is InChI=1S/C15H10FIN2O4/c16-9-3-1-8(2-4-9)5-10-6-18-14(23-10)12(20)11-7-19(17)15(22)13(11)21/h1-4,6,21H,5,7H2. The number of oxazole rings is 1. The number of amides is 1. The van der Waals surface area contributed by atoms with Gasteiger partial charge in [0.05, 0.1) is 41.2 Å². The quantitative estimate of drug-likeness (QED) is 0.460. The van der Waals surface area contributed by atoms with Crippen molar-refractivity contribution in [1.29, 1.82) is 0 Å². The Kier molecular flexibility index (Phi) is 4.16. The topological polar surface area (TPSA) is 83.6 Å². The highest BCUT2D eigenvalue weighted by molar-refractivity contribution is 14.1. The van der Waals surface area contributed by atoms with Crippen molar-refractivity contribution in [1.82, 2.24) is 8.10 Å². The minimum atomic E-state index is -0.625. The summed E-state index contributed by atoms with van der Waals surface area (Å²) in [5, 5.41) is 9.69. The molecule has 0 spiro atoms. The first-order valence-electron chi connectivity index (χ1n) is 6.59. The summed E-state index contributed by atoms with van der Waals surface area (Å²) in [5.74, 6) is -1.92. The molecular formula is C15H10FIN2O4. The van der Waals surface area contributed by atoms with Crippen LogP contribution in [0.1, 0.15) is 22.0 Å². The third-order valence-corrected chi connectivity index (χ3v) is 4.10. The normalized spacial score (nSPS) is 14.7. The van der Waals surface area contributed by atoms with Gasteiger partial charge in [-0.25, -0.2) is 9.37 Å². The molecule has 0 unspecified atom stereocenters. The monoisotopic (exact) mass is 428 g/mol. The predicted molar refractivity (Wildman–Crippen MR) is 85.4 cm³/mol. The van der Waals surface area contributed by atoms with E-state index in [4.69, 9.17) is 4.42 Å². The fourth-order valence-electron chi connectivity index (χ4n) is 2.14. The third-order valence-electron chi connectivity index (χ3n) is 3.32. The van der Waals surface area contributed by atoms with Gasteiger partial charge >= 0.3 is 0 Å². The van der Waals surface area contributed by atoms with Crippen LogP contribution < -0.4 is 0 Å². The molecular weight excluding hydrogens is 418 g/mol. The molecule has 8 heteroatoms. The number of carbonyl (C=O) groups is 2. The van der Waals surface area contributed by atoms with Crippen LogP contribution in [0.4, 0.5) is 4.39 Å². The molecule has 23 heavy (non-hydrogen) atoms. The van der Waals surface area contributed by atoms with Crippen molar-refractivity contribution in [3.05, 3.63) is 64.8 Å². The van der Waals surface area contributed by atoms with Crippen molar-refractivity contribution in [3.8, 4) is 0 Å². The van der Waals surface area contributed by atoms with Crippen molar-refractivity contribution < 1.29 is 23.5 Å². The van der Waals surface area contributed by atoms with Crippen molar-refractivity contribution in [2.75, 3.05) is 6.54 Å². The summed E-state index contributed by atoms with van der Waals surface area (Å²) in [6, 6.07) is 5.88. The summed E-state index contributed by atoms with van der Waals surface area (Å²) in [5.41, 5.74) is 0.762. The van der Waals surface area contributed by atoms with Crippen LogP contribution in [-0.4, -0.2) is 31.4 Å². The SMILES string of the molecule is O=C(C1=C(O)C(=O)N(I)C1)c1ncc(Cc2ccc(F)cc2)o1. The van der Waals surface area contributed by atoms with Crippen LogP contribution in [0.15, 0.2) is 46.2 Å². The lowest BCUT2D eigenvalue weighted by atomic mass is 10.1. The molecule has 2 heterocycles. The van der Waals surface area contributed by atoms with Crippen molar-refractivity contribution in [3.63, 3.8) is 0 Å². The zero-order valence-corrected chi connectivity index (χ0v) is 13.8. The highest BCUT2D eigenvalue weighted by atomic mass is 127. The van der Waals surface area contributed by atoms with E-state index in [2.05, 4.69) is 4.98 Å². The van der Waals surface area contributed by atoms with Gasteiger partial charge in [0, 0.05) is 6.42 Å². The van der Waals surface area contributed by atoms with E-state index < -0.39 is 17.4 Å². The van der Waals surface area contributed by atoms with Crippen LogP contribution in [-0.2, 0) is 11.2 Å². The van der Waals surface area contributed by atoms with Gasteiger partial charge in [0.25, 0.3) is 11.8 Å². The Balaban J connectivity index is 1.78. The number of carbonyl (C=O) groups excluding carboxylic acids is 2. The molecule has 1 aliphatic heterocycles. The minimum Gasteiger partial charge on any atom is -0.503 e. The number of hydrogen-bond donors (Lipinski definition) is 1. The first-order valence-corrected chi connectivity index (χ1v) is 7.56. The van der Waals surface area contributed by atoms with E-state index in [1.54, 1.807) is 35.0 Å². The highest BCUT2D eigenvalue weighted by Gasteiger charge is 2.34. The van der Waals surface area contributed by atoms with Gasteiger partial charge in [-0.05, 0) is 17.7 Å². The van der Waals surface area contributed by atoms with Crippen LogP contribution in [0.2, 0.25) is 0 Å². The molecule has 2 aromatic rings. The maximum atomic E-state index is 12.9. The molecule has 0 saturated carbocycles. The molecule has 0 radical (unpaired) electrons. The number of benzene rings is 1. The number of aliphatic hydroxyl groups is 1. The summed E-state index contributed by atoms with van der Waals surface area (Å²) in [4.78, 5) is 27.6. The first kappa shape index (κ1) is 15.7. The molecule has 1 amide bonds. The van der Waals surface area contributed by atoms with E-state index in [1.165, 1.54) is 21.4 Å². The minimum absolute atomic E-state index is 0.000262. The fourth-order valence-corrected chi connectivity index (χ4v) is 2.71. The van der Waals surface area contributed by atoms with Gasteiger partial charge in [0.2, 0.25) is 5.78 Å². The number of ketones is 1. The maximum absolute atomic E-state index is 12.9. The second kappa shape index (κ2) is 6.11. The van der Waals surface area contributed by atoms with E-state index in [0.717, 1.165) is 5.56 Å². The first-order chi connectivity index (χ1) is 11.0. The Morgan fingerprint density at radius 2 is 2.09 bits per heavy atom. The van der Waals surface area contributed by atoms with Gasteiger partial charge in [0.15, 0.2) is 5.76 Å².